The molecular weight excluding hydrogens is 845 g/mol. The summed E-state index contributed by atoms with van der Waals surface area (Å²) >= 11 is 9.87. The fraction of sp³-hybridized carbons (Fsp3) is 0.673. The lowest BCUT2D eigenvalue weighted by atomic mass is 9.51. The molecule has 0 aromatic heterocycles. The molecule has 344 valence electrons. The summed E-state index contributed by atoms with van der Waals surface area (Å²) in [6.07, 6.45) is 10.9. The number of likely N-dealkylation sites (tertiary alicyclic amines) is 2. The number of halogens is 2. The minimum absolute atomic E-state index is 0.0125. The van der Waals surface area contributed by atoms with Crippen LogP contribution in [-0.4, -0.2) is 106 Å². The molecule has 9 atom stereocenters. The lowest BCUT2D eigenvalue weighted by molar-refractivity contribution is -0.139. The molecule has 12 nitrogen and oxygen atoms in total. The molecular formula is C49H65Cl2N3O9. The molecule has 1 amide bonds. The van der Waals surface area contributed by atoms with Crippen LogP contribution < -0.4 is 14.8 Å². The zero-order valence-electron chi connectivity index (χ0n) is 37.9. The van der Waals surface area contributed by atoms with Gasteiger partial charge in [-0.05, 0) is 141 Å². The third-order valence-corrected chi connectivity index (χ3v) is 15.6. The van der Waals surface area contributed by atoms with Gasteiger partial charge in [-0.15, -0.1) is 0 Å². The van der Waals surface area contributed by atoms with Gasteiger partial charge >= 0.3 is 11.5 Å². The van der Waals surface area contributed by atoms with Crippen LogP contribution in [0.3, 0.4) is 0 Å². The zero-order chi connectivity index (χ0) is 45.2. The van der Waals surface area contributed by atoms with Gasteiger partial charge in [-0.25, -0.2) is 9.59 Å². The average molecular weight is 911 g/mol. The molecule has 4 heterocycles. The van der Waals surface area contributed by atoms with Crippen molar-refractivity contribution in [3.8, 4) is 11.5 Å². The Bertz CT molecular complexity index is 2120. The number of likely N-dealkylation sites (N-methyl/N-ethyl adjacent to an activating group) is 1. The molecule has 2 aromatic carbocycles. The van der Waals surface area contributed by atoms with E-state index in [2.05, 4.69) is 65.0 Å². The van der Waals surface area contributed by atoms with Gasteiger partial charge in [0.1, 0.15) is 17.1 Å². The minimum atomic E-state index is -0.873. The predicted octanol–water partition coefficient (Wildman–Crippen LogP) is 8.19. The zero-order valence-corrected chi connectivity index (χ0v) is 39.4. The van der Waals surface area contributed by atoms with Gasteiger partial charge in [0, 0.05) is 65.0 Å². The van der Waals surface area contributed by atoms with Crippen molar-refractivity contribution in [2.45, 2.75) is 171 Å². The Labute approximate surface area is 382 Å². The number of aryl methyl sites for hydroxylation is 2. The van der Waals surface area contributed by atoms with Crippen molar-refractivity contribution in [3.05, 3.63) is 57.6 Å². The van der Waals surface area contributed by atoms with Crippen molar-refractivity contribution < 1.29 is 43.2 Å². The second-order valence-electron chi connectivity index (χ2n) is 20.3. The van der Waals surface area contributed by atoms with E-state index in [1.807, 2.05) is 20.8 Å². The summed E-state index contributed by atoms with van der Waals surface area (Å²) in [5.74, 6) is 3.57. The average Bonchev–Trinajstić information content (AvgIpc) is 3.93. The van der Waals surface area contributed by atoms with Crippen LogP contribution in [0.2, 0.25) is 0 Å². The maximum Gasteiger partial charge on any atom is 0.408 e. The van der Waals surface area contributed by atoms with E-state index in [-0.39, 0.29) is 41.0 Å². The van der Waals surface area contributed by atoms with Gasteiger partial charge in [0.05, 0.1) is 12.8 Å². The van der Waals surface area contributed by atoms with Crippen LogP contribution in [0.4, 0.5) is 9.59 Å². The van der Waals surface area contributed by atoms with Gasteiger partial charge in [-0.2, -0.15) is 0 Å². The first-order valence-electron chi connectivity index (χ1n) is 23.1. The third-order valence-electron chi connectivity index (χ3n) is 15.4. The van der Waals surface area contributed by atoms with E-state index in [1.54, 1.807) is 0 Å². The lowest BCUT2D eigenvalue weighted by Crippen LogP contribution is -2.67. The molecule has 5 fully saturated rings. The Hall–Kier alpha value is -3.42. The van der Waals surface area contributed by atoms with Crippen LogP contribution in [0, 0.1) is 25.7 Å². The van der Waals surface area contributed by atoms with Crippen molar-refractivity contribution in [2.24, 2.45) is 11.8 Å². The van der Waals surface area contributed by atoms with Crippen molar-refractivity contribution in [1.82, 2.24) is 15.1 Å². The predicted molar refractivity (Wildman–Crippen MR) is 240 cm³/mol. The highest BCUT2D eigenvalue weighted by Crippen LogP contribution is 2.63. The summed E-state index contributed by atoms with van der Waals surface area (Å²) in [4.78, 5) is 52.2. The van der Waals surface area contributed by atoms with Gasteiger partial charge in [0.15, 0.2) is 29.3 Å². The second kappa shape index (κ2) is 17.8. The number of hydrogen-bond donors (Lipinski definition) is 2. The largest absolute Gasteiger partial charge is 0.481 e. The number of alkyl halides is 1. The molecule has 14 heteroatoms. The first-order chi connectivity index (χ1) is 29.8. The highest BCUT2D eigenvalue weighted by atomic mass is 35.5. The molecule has 2 aromatic rings. The Morgan fingerprint density at radius 3 is 1.83 bits per heavy atom. The van der Waals surface area contributed by atoms with Gasteiger partial charge < -0.3 is 34.3 Å². The topological polar surface area (TPSA) is 144 Å². The van der Waals surface area contributed by atoms with E-state index in [4.69, 9.17) is 42.5 Å². The number of ether oxygens (including phenoxy) is 4. The molecule has 2 spiro atoms. The maximum atomic E-state index is 12.8. The van der Waals surface area contributed by atoms with E-state index in [9.17, 15) is 19.2 Å². The Morgan fingerprint density at radius 2 is 1.37 bits per heavy atom. The molecule has 11 rings (SSSR count). The molecule has 4 aliphatic heterocycles. The molecule has 2 N–H and O–H groups in total. The lowest BCUT2D eigenvalue weighted by Gasteiger charge is -2.57. The number of amides is 1. The van der Waals surface area contributed by atoms with Gasteiger partial charge in [-0.1, -0.05) is 48.7 Å². The number of rotatable bonds is 3. The third kappa shape index (κ3) is 8.38. The van der Waals surface area contributed by atoms with E-state index < -0.39 is 16.6 Å². The molecule has 0 radical (unpaired) electrons. The van der Waals surface area contributed by atoms with Crippen LogP contribution in [0.5, 0.6) is 11.5 Å². The number of Topliss-reactive ketones (excluding diaryl/α,β-unsaturated/α-hetero) is 2. The summed E-state index contributed by atoms with van der Waals surface area (Å²) in [7, 11) is 2.25. The van der Waals surface area contributed by atoms with Crippen LogP contribution in [0.1, 0.15) is 125 Å². The van der Waals surface area contributed by atoms with Crippen molar-refractivity contribution in [3.63, 3.8) is 0 Å². The van der Waals surface area contributed by atoms with Crippen molar-refractivity contribution >= 4 is 46.3 Å². The number of ketones is 2. The van der Waals surface area contributed by atoms with Crippen LogP contribution in [0.15, 0.2) is 24.3 Å². The molecule has 4 bridgehead atoms. The smallest absolute Gasteiger partial charge is 0.408 e. The number of benzene rings is 2. The van der Waals surface area contributed by atoms with E-state index in [0.29, 0.717) is 49.2 Å². The summed E-state index contributed by atoms with van der Waals surface area (Å²) in [6.45, 7) is 13.7. The Balaban J connectivity index is 0.000000138. The fourth-order valence-corrected chi connectivity index (χ4v) is 13.2. The van der Waals surface area contributed by atoms with Gasteiger partial charge in [0.2, 0.25) is 0 Å². The highest BCUT2D eigenvalue weighted by Gasteiger charge is 2.67. The molecule has 9 aliphatic rings. The van der Waals surface area contributed by atoms with E-state index in [0.717, 1.165) is 81.5 Å². The molecule has 3 saturated carbocycles. The van der Waals surface area contributed by atoms with Crippen molar-refractivity contribution in [1.29, 1.82) is 0 Å². The Kier molecular flexibility index (Phi) is 13.0. The SMILES string of the molecule is CC(Cl)OC(=O)Cl.Cc1ccc2c3c1OC1C(=O)CC[C@H]4[C@@H](C2)N(C)CC[C@]314.Cc1ccc2c3c1OC1C(=O)CC[C@H]4[C@@H](C2)N(CNC(=O)OC(C)(C)C)CC[C@]314.OC1CCCC1. The number of carbonyl (C=O) groups is 4. The maximum absolute atomic E-state index is 12.8. The number of aliphatic hydroxyl groups excluding tert-OH is 1. The van der Waals surface area contributed by atoms with E-state index in [1.165, 1.54) is 47.6 Å². The monoisotopic (exact) mass is 909 g/mol. The van der Waals surface area contributed by atoms with Crippen LogP contribution in [0.25, 0.3) is 0 Å². The number of alkyl carbamates (subject to hydrolysis) is 1. The number of hydrogen-bond acceptors (Lipinski definition) is 11. The summed E-state index contributed by atoms with van der Waals surface area (Å²) in [5, 5.41) is 11.7. The standard InChI is InChI=1S/C23H30N2O4.C18H21NO2.C5H10O.C3H4Cl2O2/c1-13-5-6-14-11-16-15-7-8-17(26)20-23(15,18(14)19(13)28-20)9-10-25(16)12-24-21(27)29-22(2,3)4;1-10-3-4-11-9-13-12-5-6-14(20)17-18(12,7-8-19(13)2)15(11)16(10)21-17;6-5-3-1-2-4-5;1-2(4)7-3(5)6/h5-6,15-16,20H,7-12H2,1-4H3,(H,24,27);3-4,12-13,17H,5-9H2,1-2H3;5-6H,1-4H2;2H,1H3/t15-,16+,20?,23-;12-,13+,17?,18-;;/m00../s1. The number of aliphatic hydroxyl groups is 1. The molecule has 63 heavy (non-hydrogen) atoms. The summed E-state index contributed by atoms with van der Waals surface area (Å²) < 4.78 is 22.2. The number of nitrogens with one attached hydrogen (secondary N) is 1. The number of carbonyl (C=O) groups excluding carboxylic acids is 4. The van der Waals surface area contributed by atoms with Gasteiger partial charge in [-0.3, -0.25) is 14.5 Å². The molecule has 2 saturated heterocycles. The first kappa shape index (κ1) is 46.1. The van der Waals surface area contributed by atoms with Crippen molar-refractivity contribution in [2.75, 3.05) is 26.8 Å². The van der Waals surface area contributed by atoms with Crippen LogP contribution >= 0.6 is 23.2 Å². The summed E-state index contributed by atoms with van der Waals surface area (Å²) in [5.41, 5.74) is 5.59. The Morgan fingerprint density at radius 1 is 0.857 bits per heavy atom. The molecule has 3 unspecified atom stereocenters. The highest BCUT2D eigenvalue weighted by molar-refractivity contribution is 6.61. The van der Waals surface area contributed by atoms with E-state index >= 15 is 0 Å². The molecule has 5 aliphatic carbocycles. The first-order valence-corrected chi connectivity index (χ1v) is 23.9. The fourth-order valence-electron chi connectivity index (χ4n) is 12.9. The number of piperidine rings is 2. The summed E-state index contributed by atoms with van der Waals surface area (Å²) in [6, 6.07) is 9.67. The van der Waals surface area contributed by atoms with Crippen LogP contribution in [-0.2, 0) is 42.7 Å². The normalized spacial score (nSPS) is 32.1. The number of nitrogens with zero attached hydrogens (tertiary/aromatic N) is 2. The second-order valence-corrected chi connectivity index (χ2v) is 21.2. The minimum Gasteiger partial charge on any atom is -0.481 e. The quantitative estimate of drug-likeness (QED) is 0.227. The van der Waals surface area contributed by atoms with Gasteiger partial charge in [0.25, 0.3) is 0 Å².